The van der Waals surface area contributed by atoms with Crippen LogP contribution in [0.3, 0.4) is 0 Å². The van der Waals surface area contributed by atoms with Gasteiger partial charge in [-0.2, -0.15) is 0 Å². The van der Waals surface area contributed by atoms with Crippen LogP contribution >= 0.6 is 0 Å². The van der Waals surface area contributed by atoms with E-state index in [1.165, 1.54) is 38.5 Å². The summed E-state index contributed by atoms with van der Waals surface area (Å²) < 4.78 is 9.21. The van der Waals surface area contributed by atoms with Gasteiger partial charge in [0.1, 0.15) is 17.6 Å². The Bertz CT molecular complexity index is 779. The topological polar surface area (TPSA) is 89.9 Å². The molecule has 0 atom stereocenters. The van der Waals surface area contributed by atoms with Gasteiger partial charge in [0.2, 0.25) is 0 Å². The second-order valence-electron chi connectivity index (χ2n) is 4.68. The molecule has 0 saturated carbocycles. The van der Waals surface area contributed by atoms with Crippen LogP contribution in [0, 0.1) is 0 Å². The van der Waals surface area contributed by atoms with E-state index in [1.807, 2.05) is 0 Å². The van der Waals surface area contributed by atoms with Crippen molar-refractivity contribution in [3.63, 3.8) is 0 Å². The number of hydrogen-bond donors (Lipinski definition) is 1. The first-order valence-corrected chi connectivity index (χ1v) is 6.60. The summed E-state index contributed by atoms with van der Waals surface area (Å²) in [5.74, 6) is -1.50. The predicted octanol–water partition coefficient (Wildman–Crippen LogP) is 2.44. The molecule has 0 aromatic heterocycles. The van der Waals surface area contributed by atoms with Crippen LogP contribution < -0.4 is 0 Å². The molecule has 1 N–H and O–H groups in total. The second kappa shape index (κ2) is 6.74. The number of hydrogen-bond acceptors (Lipinski definition) is 6. The highest BCUT2D eigenvalue weighted by atomic mass is 16.5. The number of carbonyl (C=O) groups is 3. The van der Waals surface area contributed by atoms with E-state index in [-0.39, 0.29) is 16.9 Å². The van der Waals surface area contributed by atoms with Crippen LogP contribution in [0.5, 0.6) is 5.75 Å². The fourth-order valence-corrected chi connectivity index (χ4v) is 2.12. The van der Waals surface area contributed by atoms with Gasteiger partial charge in [0, 0.05) is 5.56 Å². The third kappa shape index (κ3) is 3.37. The van der Waals surface area contributed by atoms with Crippen LogP contribution in [-0.4, -0.2) is 37.6 Å². The molecule has 0 saturated heterocycles. The molecule has 6 nitrogen and oxygen atoms in total. The van der Waals surface area contributed by atoms with Crippen LogP contribution in [0.4, 0.5) is 0 Å². The Morgan fingerprint density at radius 3 is 2.22 bits per heavy atom. The number of carbonyl (C=O) groups excluding carboxylic acids is 3. The number of ether oxygens (including phenoxy) is 2. The number of rotatable bonds is 4. The van der Waals surface area contributed by atoms with E-state index < -0.39 is 11.9 Å². The number of phenols is 1. The summed E-state index contributed by atoms with van der Waals surface area (Å²) in [5.41, 5.74) is 1.59. The molecule has 0 aliphatic carbocycles. The third-order valence-corrected chi connectivity index (χ3v) is 3.25. The average molecular weight is 314 g/mol. The highest BCUT2D eigenvalue weighted by Crippen LogP contribution is 2.28. The standard InChI is InChI=1S/C17H14O6/c1-22-16(20)13-6-10(9-18)5-12(7-13)11-3-4-14(15(19)8-11)17(21)23-2/h3-9,19H,1-2H3. The summed E-state index contributed by atoms with van der Waals surface area (Å²) in [6.45, 7) is 0. The molecule has 2 rings (SSSR count). The quantitative estimate of drug-likeness (QED) is 0.688. The summed E-state index contributed by atoms with van der Waals surface area (Å²) in [4.78, 5) is 34.2. The molecule has 0 spiro atoms. The van der Waals surface area contributed by atoms with Gasteiger partial charge in [0.05, 0.1) is 19.8 Å². The minimum atomic E-state index is -0.661. The summed E-state index contributed by atoms with van der Waals surface area (Å²) in [6.07, 6.45) is 0.610. The van der Waals surface area contributed by atoms with E-state index in [2.05, 4.69) is 9.47 Å². The summed E-state index contributed by atoms with van der Waals surface area (Å²) >= 11 is 0. The molecule has 0 amide bonds. The van der Waals surface area contributed by atoms with Gasteiger partial charge in [-0.3, -0.25) is 4.79 Å². The summed E-state index contributed by atoms with van der Waals surface area (Å²) in [7, 11) is 2.46. The van der Waals surface area contributed by atoms with E-state index in [9.17, 15) is 19.5 Å². The van der Waals surface area contributed by atoms with Crippen molar-refractivity contribution in [1.29, 1.82) is 0 Å². The molecule has 118 valence electrons. The zero-order chi connectivity index (χ0) is 17.0. The second-order valence-corrected chi connectivity index (χ2v) is 4.68. The first-order chi connectivity index (χ1) is 11.0. The zero-order valence-electron chi connectivity index (χ0n) is 12.5. The van der Waals surface area contributed by atoms with Crippen LogP contribution in [0.25, 0.3) is 11.1 Å². The van der Waals surface area contributed by atoms with Crippen molar-refractivity contribution in [3.8, 4) is 16.9 Å². The lowest BCUT2D eigenvalue weighted by atomic mass is 9.98. The molecule has 23 heavy (non-hydrogen) atoms. The molecule has 2 aromatic carbocycles. The average Bonchev–Trinajstić information content (AvgIpc) is 2.59. The van der Waals surface area contributed by atoms with Crippen LogP contribution in [-0.2, 0) is 9.47 Å². The van der Waals surface area contributed by atoms with Crippen molar-refractivity contribution < 1.29 is 29.0 Å². The van der Waals surface area contributed by atoms with Gasteiger partial charge in [-0.05, 0) is 41.5 Å². The van der Waals surface area contributed by atoms with Crippen LogP contribution in [0.15, 0.2) is 36.4 Å². The first-order valence-electron chi connectivity index (χ1n) is 6.60. The van der Waals surface area contributed by atoms with Gasteiger partial charge in [-0.1, -0.05) is 6.07 Å². The Morgan fingerprint density at radius 2 is 1.65 bits per heavy atom. The van der Waals surface area contributed by atoms with E-state index >= 15 is 0 Å². The van der Waals surface area contributed by atoms with Crippen molar-refractivity contribution in [1.82, 2.24) is 0 Å². The maximum absolute atomic E-state index is 11.7. The molecule has 0 radical (unpaired) electrons. The van der Waals surface area contributed by atoms with Gasteiger partial charge in [-0.25, -0.2) is 9.59 Å². The SMILES string of the molecule is COC(=O)c1cc(C=O)cc(-c2ccc(C(=O)OC)c(O)c2)c1. The Balaban J connectivity index is 2.53. The number of esters is 2. The first kappa shape index (κ1) is 16.2. The molecule has 0 aliphatic heterocycles. The number of phenolic OH excluding ortho intramolecular Hbond substituents is 1. The molecule has 0 unspecified atom stereocenters. The van der Waals surface area contributed by atoms with Crippen molar-refractivity contribution in [2.24, 2.45) is 0 Å². The molecule has 2 aromatic rings. The van der Waals surface area contributed by atoms with Crippen LogP contribution in [0.2, 0.25) is 0 Å². The highest BCUT2D eigenvalue weighted by Gasteiger charge is 2.14. The molecule has 0 aliphatic rings. The predicted molar refractivity (Wildman–Crippen MR) is 81.6 cm³/mol. The third-order valence-electron chi connectivity index (χ3n) is 3.25. The van der Waals surface area contributed by atoms with Crippen LogP contribution in [0.1, 0.15) is 31.1 Å². The monoisotopic (exact) mass is 314 g/mol. The summed E-state index contributed by atoms with van der Waals surface area (Å²) in [6, 6.07) is 8.85. The Kier molecular flexibility index (Phi) is 4.75. The van der Waals surface area contributed by atoms with Gasteiger partial charge in [0.15, 0.2) is 0 Å². The van der Waals surface area contributed by atoms with Crippen molar-refractivity contribution in [3.05, 3.63) is 53.1 Å². The molecule has 0 bridgehead atoms. The number of aromatic hydroxyl groups is 1. The Morgan fingerprint density at radius 1 is 0.957 bits per heavy atom. The zero-order valence-corrected chi connectivity index (χ0v) is 12.5. The fraction of sp³-hybridized carbons (Fsp3) is 0.118. The van der Waals surface area contributed by atoms with E-state index in [4.69, 9.17) is 0 Å². The maximum atomic E-state index is 11.7. The lowest BCUT2D eigenvalue weighted by Gasteiger charge is -2.09. The summed E-state index contributed by atoms with van der Waals surface area (Å²) in [5, 5.41) is 9.94. The van der Waals surface area contributed by atoms with Gasteiger partial charge < -0.3 is 14.6 Å². The van der Waals surface area contributed by atoms with E-state index in [0.717, 1.165) is 0 Å². The van der Waals surface area contributed by atoms with Gasteiger partial charge >= 0.3 is 11.9 Å². The lowest BCUT2D eigenvalue weighted by molar-refractivity contribution is 0.0590. The fourth-order valence-electron chi connectivity index (χ4n) is 2.12. The minimum Gasteiger partial charge on any atom is -0.507 e. The van der Waals surface area contributed by atoms with E-state index in [0.29, 0.717) is 23.0 Å². The van der Waals surface area contributed by atoms with E-state index in [1.54, 1.807) is 12.1 Å². The Hall–Kier alpha value is -3.15. The minimum absolute atomic E-state index is 0.0241. The largest absolute Gasteiger partial charge is 0.507 e. The highest BCUT2D eigenvalue weighted by molar-refractivity contribution is 5.95. The number of aldehydes is 1. The van der Waals surface area contributed by atoms with Crippen molar-refractivity contribution in [2.75, 3.05) is 14.2 Å². The molecule has 0 heterocycles. The molecule has 6 heteroatoms. The molecular weight excluding hydrogens is 300 g/mol. The number of benzene rings is 2. The lowest BCUT2D eigenvalue weighted by Crippen LogP contribution is -2.03. The normalized spacial score (nSPS) is 10.0. The number of methoxy groups -OCH3 is 2. The van der Waals surface area contributed by atoms with Crippen molar-refractivity contribution >= 4 is 18.2 Å². The van der Waals surface area contributed by atoms with Gasteiger partial charge in [-0.15, -0.1) is 0 Å². The smallest absolute Gasteiger partial charge is 0.341 e. The van der Waals surface area contributed by atoms with Crippen molar-refractivity contribution in [2.45, 2.75) is 0 Å². The Labute approximate surface area is 132 Å². The van der Waals surface area contributed by atoms with Gasteiger partial charge in [0.25, 0.3) is 0 Å². The molecule has 0 fully saturated rings. The molecular formula is C17H14O6. The maximum Gasteiger partial charge on any atom is 0.341 e.